The lowest BCUT2D eigenvalue weighted by Crippen LogP contribution is -2.35. The first-order chi connectivity index (χ1) is 7.76. The quantitative estimate of drug-likeness (QED) is 0.536. The molecule has 0 aromatic carbocycles. The molecule has 0 bridgehead atoms. The number of aliphatic hydroxyl groups excluding tert-OH is 1. The van der Waals surface area contributed by atoms with Crippen molar-refractivity contribution in [2.45, 2.75) is 52.5 Å². The Morgan fingerprint density at radius 3 is 2.56 bits per heavy atom. The summed E-state index contributed by atoms with van der Waals surface area (Å²) in [5.74, 6) is 0.758. The average Bonchev–Trinajstić information content (AvgIpc) is 2.28. The zero-order valence-corrected chi connectivity index (χ0v) is 11.2. The summed E-state index contributed by atoms with van der Waals surface area (Å²) < 4.78 is 5.22. The molecule has 0 aromatic heterocycles. The first-order valence-electron chi connectivity index (χ1n) is 6.68. The third kappa shape index (κ3) is 8.08. The fourth-order valence-corrected chi connectivity index (χ4v) is 2.03. The van der Waals surface area contributed by atoms with Gasteiger partial charge in [0.25, 0.3) is 0 Å². The van der Waals surface area contributed by atoms with Gasteiger partial charge in [-0.15, -0.1) is 0 Å². The monoisotopic (exact) mass is 231 g/mol. The SMILES string of the molecule is CCCC(C)C(CC)NCCCOCCO. The first-order valence-corrected chi connectivity index (χ1v) is 6.68. The lowest BCUT2D eigenvalue weighted by atomic mass is 9.95. The van der Waals surface area contributed by atoms with Crippen LogP contribution in [0.1, 0.15) is 46.5 Å². The van der Waals surface area contributed by atoms with Crippen molar-refractivity contribution in [1.29, 1.82) is 0 Å². The molecule has 0 rings (SSSR count). The van der Waals surface area contributed by atoms with Crippen molar-refractivity contribution in [3.8, 4) is 0 Å². The highest BCUT2D eigenvalue weighted by Gasteiger charge is 2.13. The molecule has 0 radical (unpaired) electrons. The van der Waals surface area contributed by atoms with Crippen LogP contribution in [-0.4, -0.2) is 37.5 Å². The summed E-state index contributed by atoms with van der Waals surface area (Å²) in [7, 11) is 0. The van der Waals surface area contributed by atoms with Gasteiger partial charge < -0.3 is 15.2 Å². The maximum atomic E-state index is 8.54. The maximum absolute atomic E-state index is 8.54. The van der Waals surface area contributed by atoms with Crippen molar-refractivity contribution in [2.24, 2.45) is 5.92 Å². The Morgan fingerprint density at radius 1 is 1.25 bits per heavy atom. The molecule has 0 saturated heterocycles. The van der Waals surface area contributed by atoms with Crippen molar-refractivity contribution in [1.82, 2.24) is 5.32 Å². The fraction of sp³-hybridized carbons (Fsp3) is 1.00. The molecule has 0 aliphatic carbocycles. The Kier molecular flexibility index (Phi) is 11.3. The van der Waals surface area contributed by atoms with Crippen molar-refractivity contribution in [2.75, 3.05) is 26.4 Å². The number of rotatable bonds is 11. The van der Waals surface area contributed by atoms with Crippen molar-refractivity contribution in [3.05, 3.63) is 0 Å². The molecule has 2 atom stereocenters. The van der Waals surface area contributed by atoms with E-state index in [1.165, 1.54) is 19.3 Å². The van der Waals surface area contributed by atoms with Crippen LogP contribution in [0.25, 0.3) is 0 Å². The lowest BCUT2D eigenvalue weighted by Gasteiger charge is -2.23. The van der Waals surface area contributed by atoms with Crippen molar-refractivity contribution < 1.29 is 9.84 Å². The molecule has 0 saturated carbocycles. The van der Waals surface area contributed by atoms with Crippen molar-refractivity contribution >= 4 is 0 Å². The van der Waals surface area contributed by atoms with Gasteiger partial charge >= 0.3 is 0 Å². The van der Waals surface area contributed by atoms with Crippen LogP contribution in [0.3, 0.4) is 0 Å². The number of aliphatic hydroxyl groups is 1. The molecular formula is C13H29NO2. The normalized spacial score (nSPS) is 15.0. The minimum atomic E-state index is 0.124. The van der Waals surface area contributed by atoms with Gasteiger partial charge in [-0.3, -0.25) is 0 Å². The maximum Gasteiger partial charge on any atom is 0.0697 e. The Labute approximate surface area is 101 Å². The van der Waals surface area contributed by atoms with E-state index in [-0.39, 0.29) is 6.61 Å². The molecule has 3 nitrogen and oxygen atoms in total. The summed E-state index contributed by atoms with van der Waals surface area (Å²) in [4.78, 5) is 0. The van der Waals surface area contributed by atoms with Crippen LogP contribution < -0.4 is 5.32 Å². The summed E-state index contributed by atoms with van der Waals surface area (Å²) in [5.41, 5.74) is 0. The van der Waals surface area contributed by atoms with Crippen LogP contribution in [0.4, 0.5) is 0 Å². The minimum absolute atomic E-state index is 0.124. The first kappa shape index (κ1) is 15.9. The van der Waals surface area contributed by atoms with E-state index in [4.69, 9.17) is 9.84 Å². The number of hydrogen-bond donors (Lipinski definition) is 2. The Bertz CT molecular complexity index is 142. The highest BCUT2D eigenvalue weighted by Crippen LogP contribution is 2.13. The van der Waals surface area contributed by atoms with Gasteiger partial charge in [-0.1, -0.05) is 27.2 Å². The number of nitrogens with one attached hydrogen (secondary N) is 1. The van der Waals surface area contributed by atoms with E-state index in [0.717, 1.165) is 25.5 Å². The fourth-order valence-electron chi connectivity index (χ4n) is 2.03. The number of hydrogen-bond acceptors (Lipinski definition) is 3. The molecule has 2 unspecified atom stereocenters. The second-order valence-corrected chi connectivity index (χ2v) is 4.42. The van der Waals surface area contributed by atoms with Gasteiger partial charge in [0.1, 0.15) is 0 Å². The third-order valence-electron chi connectivity index (χ3n) is 2.98. The van der Waals surface area contributed by atoms with Crippen LogP contribution >= 0.6 is 0 Å². The van der Waals surface area contributed by atoms with E-state index < -0.39 is 0 Å². The second-order valence-electron chi connectivity index (χ2n) is 4.42. The molecule has 0 spiro atoms. The van der Waals surface area contributed by atoms with Crippen LogP contribution in [0.5, 0.6) is 0 Å². The van der Waals surface area contributed by atoms with Gasteiger partial charge in [0, 0.05) is 12.6 Å². The molecule has 16 heavy (non-hydrogen) atoms. The van der Waals surface area contributed by atoms with Gasteiger partial charge in [0.15, 0.2) is 0 Å². The largest absolute Gasteiger partial charge is 0.394 e. The van der Waals surface area contributed by atoms with Crippen LogP contribution in [0.2, 0.25) is 0 Å². The van der Waals surface area contributed by atoms with E-state index in [9.17, 15) is 0 Å². The summed E-state index contributed by atoms with van der Waals surface area (Å²) in [5, 5.41) is 12.1. The van der Waals surface area contributed by atoms with Gasteiger partial charge in [-0.2, -0.15) is 0 Å². The van der Waals surface area contributed by atoms with Gasteiger partial charge in [0.2, 0.25) is 0 Å². The van der Waals surface area contributed by atoms with Crippen LogP contribution in [-0.2, 0) is 4.74 Å². The molecule has 0 amide bonds. The zero-order chi connectivity index (χ0) is 12.2. The average molecular weight is 231 g/mol. The second kappa shape index (κ2) is 11.4. The highest BCUT2D eigenvalue weighted by molar-refractivity contribution is 4.71. The molecule has 3 heteroatoms. The van der Waals surface area contributed by atoms with E-state index in [2.05, 4.69) is 26.1 Å². The molecule has 0 aliphatic heterocycles. The Hall–Kier alpha value is -0.120. The Morgan fingerprint density at radius 2 is 2.00 bits per heavy atom. The minimum Gasteiger partial charge on any atom is -0.394 e. The lowest BCUT2D eigenvalue weighted by molar-refractivity contribution is 0.0900. The molecular weight excluding hydrogens is 202 g/mol. The molecule has 0 fully saturated rings. The summed E-state index contributed by atoms with van der Waals surface area (Å²) in [6.07, 6.45) is 4.78. The third-order valence-corrected chi connectivity index (χ3v) is 2.98. The summed E-state index contributed by atoms with van der Waals surface area (Å²) >= 11 is 0. The van der Waals surface area contributed by atoms with E-state index in [0.29, 0.717) is 12.6 Å². The number of ether oxygens (including phenoxy) is 1. The van der Waals surface area contributed by atoms with Crippen molar-refractivity contribution in [3.63, 3.8) is 0 Å². The summed E-state index contributed by atoms with van der Waals surface area (Å²) in [6.45, 7) is 9.15. The Balaban J connectivity index is 3.47. The van der Waals surface area contributed by atoms with Crippen LogP contribution in [0.15, 0.2) is 0 Å². The molecule has 0 aromatic rings. The van der Waals surface area contributed by atoms with Gasteiger partial charge in [0.05, 0.1) is 13.2 Å². The highest BCUT2D eigenvalue weighted by atomic mass is 16.5. The molecule has 2 N–H and O–H groups in total. The van der Waals surface area contributed by atoms with Crippen LogP contribution in [0, 0.1) is 5.92 Å². The predicted molar refractivity (Wildman–Crippen MR) is 68.7 cm³/mol. The van der Waals surface area contributed by atoms with Gasteiger partial charge in [-0.05, 0) is 31.7 Å². The smallest absolute Gasteiger partial charge is 0.0697 e. The standard InChI is InChI=1S/C13H29NO2/c1-4-7-12(3)13(5-2)14-8-6-10-16-11-9-15/h12-15H,4-11H2,1-3H3. The van der Waals surface area contributed by atoms with Gasteiger partial charge in [-0.25, -0.2) is 0 Å². The summed E-state index contributed by atoms with van der Waals surface area (Å²) in [6, 6.07) is 0.637. The van der Waals surface area contributed by atoms with E-state index in [1.807, 2.05) is 0 Å². The molecule has 0 aliphatic rings. The topological polar surface area (TPSA) is 41.5 Å². The van der Waals surface area contributed by atoms with E-state index >= 15 is 0 Å². The zero-order valence-electron chi connectivity index (χ0n) is 11.2. The molecule has 0 heterocycles. The molecule has 98 valence electrons. The van der Waals surface area contributed by atoms with E-state index in [1.54, 1.807) is 0 Å². The predicted octanol–water partition coefficient (Wildman–Crippen LogP) is 2.19.